The van der Waals surface area contributed by atoms with E-state index in [9.17, 15) is 19.8 Å². The lowest BCUT2D eigenvalue weighted by Crippen LogP contribution is -2.64. The van der Waals surface area contributed by atoms with Crippen LogP contribution in [0.3, 0.4) is 0 Å². The molecule has 4 aliphatic carbocycles. The minimum absolute atomic E-state index is 0.115. The zero-order valence-electron chi connectivity index (χ0n) is 21.9. The van der Waals surface area contributed by atoms with Gasteiger partial charge in [-0.15, -0.1) is 0 Å². The van der Waals surface area contributed by atoms with Crippen LogP contribution in [0.2, 0.25) is 0 Å². The molecule has 0 aliphatic heterocycles. The third-order valence-electron chi connectivity index (χ3n) is 11.2. The van der Waals surface area contributed by atoms with Crippen molar-refractivity contribution in [1.82, 2.24) is 0 Å². The molecule has 0 amide bonds. The highest BCUT2D eigenvalue weighted by Gasteiger charge is 2.68. The first-order valence-electron chi connectivity index (χ1n) is 13.6. The molecular weight excluding hydrogens is 432 g/mol. The second-order valence-electron chi connectivity index (χ2n) is 12.6. The number of hydrogen-bond donors (Lipinski definition) is 2. The zero-order chi connectivity index (χ0) is 24.9. The van der Waals surface area contributed by atoms with Crippen LogP contribution in [0.5, 0.6) is 0 Å². The topological polar surface area (TPSA) is 93.1 Å². The van der Waals surface area contributed by atoms with Crippen molar-refractivity contribution in [2.24, 2.45) is 34.5 Å². The van der Waals surface area contributed by atoms with Crippen molar-refractivity contribution in [1.29, 1.82) is 0 Å². The largest absolute Gasteiger partial charge is 0.466 e. The lowest BCUT2D eigenvalue weighted by atomic mass is 9.42. The van der Waals surface area contributed by atoms with Gasteiger partial charge in [-0.1, -0.05) is 20.8 Å². The normalized spacial score (nSPS) is 46.6. The molecule has 0 radical (unpaired) electrons. The number of hydrogen-bond acceptors (Lipinski definition) is 6. The van der Waals surface area contributed by atoms with Gasteiger partial charge in [-0.05, 0) is 98.7 Å². The summed E-state index contributed by atoms with van der Waals surface area (Å²) in [5, 5.41) is 23.9. The lowest BCUT2D eigenvalue weighted by molar-refractivity contribution is -0.232. The van der Waals surface area contributed by atoms with Crippen molar-refractivity contribution in [3.05, 3.63) is 0 Å². The fourth-order valence-electron chi connectivity index (χ4n) is 9.25. The average molecular weight is 479 g/mol. The summed E-state index contributed by atoms with van der Waals surface area (Å²) < 4.78 is 10.6. The van der Waals surface area contributed by atoms with E-state index in [2.05, 4.69) is 20.8 Å². The van der Waals surface area contributed by atoms with Gasteiger partial charge in [0.25, 0.3) is 0 Å². The molecule has 0 aromatic rings. The summed E-state index contributed by atoms with van der Waals surface area (Å²) in [6, 6.07) is 0. The van der Waals surface area contributed by atoms with Crippen molar-refractivity contribution in [3.63, 3.8) is 0 Å². The maximum absolute atomic E-state index is 12.1. The van der Waals surface area contributed by atoms with Crippen molar-refractivity contribution < 1.29 is 29.3 Å². The Kier molecular flexibility index (Phi) is 6.91. The first kappa shape index (κ1) is 25.9. The van der Waals surface area contributed by atoms with Crippen LogP contribution in [0.15, 0.2) is 0 Å². The Balaban J connectivity index is 1.48. The van der Waals surface area contributed by atoms with Gasteiger partial charge >= 0.3 is 11.9 Å². The monoisotopic (exact) mass is 478 g/mol. The quantitative estimate of drug-likeness (QED) is 0.421. The second kappa shape index (κ2) is 9.06. The van der Waals surface area contributed by atoms with Crippen molar-refractivity contribution >= 4 is 11.9 Å². The molecule has 0 saturated heterocycles. The molecule has 4 saturated carbocycles. The Bertz CT molecular complexity index is 798. The molecular formula is C28H46O6. The van der Waals surface area contributed by atoms with E-state index in [1.54, 1.807) is 0 Å². The van der Waals surface area contributed by atoms with Gasteiger partial charge in [0, 0.05) is 20.3 Å². The van der Waals surface area contributed by atoms with E-state index in [1.165, 1.54) is 13.8 Å². The lowest BCUT2D eigenvalue weighted by Gasteiger charge is -2.64. The molecule has 0 aromatic carbocycles. The van der Waals surface area contributed by atoms with Gasteiger partial charge in [0.2, 0.25) is 0 Å². The first-order chi connectivity index (χ1) is 15.9. The molecule has 6 nitrogen and oxygen atoms in total. The summed E-state index contributed by atoms with van der Waals surface area (Å²) in [4.78, 5) is 22.6. The smallest absolute Gasteiger partial charge is 0.302 e. The molecule has 0 bridgehead atoms. The zero-order valence-corrected chi connectivity index (χ0v) is 21.9. The van der Waals surface area contributed by atoms with E-state index in [-0.39, 0.29) is 34.8 Å². The molecule has 0 spiro atoms. The van der Waals surface area contributed by atoms with Crippen LogP contribution in [-0.4, -0.2) is 46.1 Å². The molecule has 6 heteroatoms. The summed E-state index contributed by atoms with van der Waals surface area (Å²) in [6.07, 6.45) is 9.39. The van der Waals surface area contributed by atoms with Gasteiger partial charge in [-0.2, -0.15) is 0 Å². The number of aliphatic hydroxyl groups is 2. The predicted octanol–water partition coefficient (Wildman–Crippen LogP) is 4.79. The Hall–Kier alpha value is -1.14. The van der Waals surface area contributed by atoms with Gasteiger partial charge in [0.05, 0.1) is 17.8 Å². The van der Waals surface area contributed by atoms with E-state index in [0.29, 0.717) is 30.8 Å². The van der Waals surface area contributed by atoms with E-state index in [4.69, 9.17) is 9.47 Å². The van der Waals surface area contributed by atoms with Crippen LogP contribution >= 0.6 is 0 Å². The Morgan fingerprint density at radius 3 is 2.24 bits per heavy atom. The number of carbonyl (C=O) groups excluding carboxylic acids is 2. The summed E-state index contributed by atoms with van der Waals surface area (Å²) in [6.45, 7) is 10.1. The van der Waals surface area contributed by atoms with Crippen LogP contribution < -0.4 is 0 Å². The molecule has 9 atom stereocenters. The molecule has 194 valence electrons. The third-order valence-corrected chi connectivity index (χ3v) is 11.2. The molecule has 4 aliphatic rings. The summed E-state index contributed by atoms with van der Waals surface area (Å²) in [7, 11) is 0. The van der Waals surface area contributed by atoms with Crippen LogP contribution in [0.4, 0.5) is 0 Å². The summed E-state index contributed by atoms with van der Waals surface area (Å²) in [5.74, 6) is 1.10. The van der Waals surface area contributed by atoms with Gasteiger partial charge in [0.1, 0.15) is 6.10 Å². The Morgan fingerprint density at radius 1 is 0.912 bits per heavy atom. The number of carbonyl (C=O) groups is 2. The van der Waals surface area contributed by atoms with Crippen LogP contribution in [0.25, 0.3) is 0 Å². The third kappa shape index (κ3) is 4.01. The highest BCUT2D eigenvalue weighted by atomic mass is 16.5. The van der Waals surface area contributed by atoms with Crippen molar-refractivity contribution in [3.8, 4) is 0 Å². The standard InChI is InChI=1S/C28H46O6/c1-18(7-6-16-33-19(2)29)28(32)15-11-24-22-9-14-27(31)17-21(34-20(3)30)8-12-25(27,4)23(22)10-13-26(24,28)5/h18,21-24,31-32H,6-17H2,1-5H3/t18-,21-,22-,23+,24+,25-,26+,27+,28+/m1/s1. The van der Waals surface area contributed by atoms with Gasteiger partial charge in [-0.25, -0.2) is 0 Å². The first-order valence-corrected chi connectivity index (χ1v) is 13.6. The fraction of sp³-hybridized carbons (Fsp3) is 0.929. The van der Waals surface area contributed by atoms with E-state index in [0.717, 1.165) is 64.2 Å². The maximum atomic E-state index is 12.1. The van der Waals surface area contributed by atoms with Crippen LogP contribution in [0.1, 0.15) is 105 Å². The average Bonchev–Trinajstić information content (AvgIpc) is 3.03. The van der Waals surface area contributed by atoms with E-state index < -0.39 is 11.2 Å². The van der Waals surface area contributed by atoms with Crippen LogP contribution in [-0.2, 0) is 19.1 Å². The molecule has 34 heavy (non-hydrogen) atoms. The predicted molar refractivity (Wildman–Crippen MR) is 129 cm³/mol. The summed E-state index contributed by atoms with van der Waals surface area (Å²) in [5.41, 5.74) is -1.75. The molecule has 2 N–H and O–H groups in total. The number of rotatable bonds is 6. The second-order valence-corrected chi connectivity index (χ2v) is 12.6. The number of ether oxygens (including phenoxy) is 2. The molecule has 0 aromatic heterocycles. The van der Waals surface area contributed by atoms with Crippen LogP contribution in [0, 0.1) is 34.5 Å². The van der Waals surface area contributed by atoms with E-state index >= 15 is 0 Å². The number of esters is 2. The minimum atomic E-state index is -0.779. The Morgan fingerprint density at radius 2 is 1.56 bits per heavy atom. The highest BCUT2D eigenvalue weighted by Crippen LogP contribution is 2.70. The summed E-state index contributed by atoms with van der Waals surface area (Å²) >= 11 is 0. The van der Waals surface area contributed by atoms with E-state index in [1.807, 2.05) is 0 Å². The Labute approximate surface area is 205 Å². The van der Waals surface area contributed by atoms with Crippen molar-refractivity contribution in [2.45, 2.75) is 123 Å². The SMILES string of the molecule is CC(=O)OCCC[C@@H](C)[C@@]1(O)CC[C@H]2[C@@H]3CC[C@]4(O)C[C@H](OC(C)=O)CC[C@]4(C)[C@H]3CC[C@@]21C. The maximum Gasteiger partial charge on any atom is 0.302 e. The molecule has 0 unspecified atom stereocenters. The van der Waals surface area contributed by atoms with Gasteiger partial charge in [0.15, 0.2) is 0 Å². The minimum Gasteiger partial charge on any atom is -0.466 e. The van der Waals surface area contributed by atoms with Gasteiger partial charge < -0.3 is 19.7 Å². The van der Waals surface area contributed by atoms with Gasteiger partial charge in [-0.3, -0.25) is 9.59 Å². The molecule has 0 heterocycles. The molecule has 4 fully saturated rings. The number of fused-ring (bicyclic) bond motifs is 5. The molecule has 4 rings (SSSR count). The fourth-order valence-corrected chi connectivity index (χ4v) is 9.25. The van der Waals surface area contributed by atoms with Crippen molar-refractivity contribution in [2.75, 3.05) is 6.61 Å². The highest BCUT2D eigenvalue weighted by molar-refractivity contribution is 5.66.